The van der Waals surface area contributed by atoms with Gasteiger partial charge in [0.2, 0.25) is 0 Å². The summed E-state index contributed by atoms with van der Waals surface area (Å²) < 4.78 is 56.2. The molecule has 200 valence electrons. The Balaban J connectivity index is 1.60. The highest BCUT2D eigenvalue weighted by Gasteiger charge is 2.43. The van der Waals surface area contributed by atoms with Gasteiger partial charge in [-0.25, -0.2) is 9.37 Å². The summed E-state index contributed by atoms with van der Waals surface area (Å²) in [5.74, 6) is -1.33. The maximum absolute atomic E-state index is 14.9. The summed E-state index contributed by atoms with van der Waals surface area (Å²) >= 11 is 10.1. The van der Waals surface area contributed by atoms with Crippen molar-refractivity contribution >= 4 is 36.0 Å². The van der Waals surface area contributed by atoms with Gasteiger partial charge in [0.15, 0.2) is 10.8 Å². The van der Waals surface area contributed by atoms with Gasteiger partial charge >= 0.3 is 6.18 Å². The number of fused-ring (bicyclic) bond motifs is 1. The Morgan fingerprint density at radius 2 is 1.89 bits per heavy atom. The van der Waals surface area contributed by atoms with Crippen molar-refractivity contribution in [2.24, 2.45) is 0 Å². The van der Waals surface area contributed by atoms with E-state index in [9.17, 15) is 31.9 Å². The van der Waals surface area contributed by atoms with Gasteiger partial charge in [0.1, 0.15) is 0 Å². The van der Waals surface area contributed by atoms with Crippen molar-refractivity contribution in [2.45, 2.75) is 74.7 Å². The average molecular weight is 561 g/mol. The third-order valence-corrected chi connectivity index (χ3v) is 7.80. The highest BCUT2D eigenvalue weighted by atomic mass is 35.5. The predicted molar refractivity (Wildman–Crippen MR) is 131 cm³/mol. The normalized spacial score (nSPS) is 23.9. The molecule has 1 aliphatic heterocycles. The van der Waals surface area contributed by atoms with E-state index < -0.39 is 46.3 Å². The Morgan fingerprint density at radius 3 is 2.49 bits per heavy atom. The van der Waals surface area contributed by atoms with E-state index in [0.717, 1.165) is 12.1 Å². The maximum atomic E-state index is 14.9. The Morgan fingerprint density at radius 1 is 1.24 bits per heavy atom. The van der Waals surface area contributed by atoms with E-state index in [0.29, 0.717) is 11.3 Å². The molecule has 1 saturated carbocycles. The lowest BCUT2D eigenvalue weighted by Crippen LogP contribution is -2.48. The minimum absolute atomic E-state index is 0.0478. The van der Waals surface area contributed by atoms with E-state index in [1.807, 2.05) is 0 Å². The van der Waals surface area contributed by atoms with Gasteiger partial charge in [-0.3, -0.25) is 19.0 Å². The van der Waals surface area contributed by atoms with Crippen molar-refractivity contribution in [3.8, 4) is 0 Å². The number of aromatic nitrogens is 2. The maximum Gasteiger partial charge on any atom is 0.417 e. The SMILES string of the molecule is CNC(=O)C1(F)CCC(n2c(S)nc3c(c2=O)C[C@@H](C)N(C(=O)c2ccc(Cl)c(C(F)(F)F)c2)C3)CC1. The van der Waals surface area contributed by atoms with Gasteiger partial charge in [0, 0.05) is 30.3 Å². The third-order valence-electron chi connectivity index (χ3n) is 7.15. The summed E-state index contributed by atoms with van der Waals surface area (Å²) in [5, 5.41) is 1.91. The van der Waals surface area contributed by atoms with E-state index in [-0.39, 0.29) is 54.9 Å². The summed E-state index contributed by atoms with van der Waals surface area (Å²) in [6.07, 6.45) is -4.19. The molecule has 1 N–H and O–H groups in total. The molecule has 13 heteroatoms. The van der Waals surface area contributed by atoms with Gasteiger partial charge in [0.05, 0.1) is 22.8 Å². The number of benzene rings is 1. The van der Waals surface area contributed by atoms with Crippen LogP contribution < -0.4 is 10.9 Å². The summed E-state index contributed by atoms with van der Waals surface area (Å²) in [4.78, 5) is 44.3. The number of hydrogen-bond donors (Lipinski definition) is 2. The van der Waals surface area contributed by atoms with Crippen LogP contribution in [0.3, 0.4) is 0 Å². The molecule has 1 atom stereocenters. The number of nitrogens with zero attached hydrogens (tertiary/aromatic N) is 3. The van der Waals surface area contributed by atoms with Crippen LogP contribution in [0.4, 0.5) is 17.6 Å². The number of thiol groups is 1. The highest BCUT2D eigenvalue weighted by molar-refractivity contribution is 7.80. The molecule has 0 saturated heterocycles. The van der Waals surface area contributed by atoms with Gasteiger partial charge in [0.25, 0.3) is 17.4 Å². The molecule has 2 aliphatic rings. The number of hydrogen-bond acceptors (Lipinski definition) is 5. The zero-order chi connectivity index (χ0) is 27.3. The molecule has 37 heavy (non-hydrogen) atoms. The largest absolute Gasteiger partial charge is 0.417 e. The quantitative estimate of drug-likeness (QED) is 0.332. The zero-order valence-corrected chi connectivity index (χ0v) is 21.7. The number of rotatable bonds is 3. The van der Waals surface area contributed by atoms with Crippen molar-refractivity contribution in [3.63, 3.8) is 0 Å². The summed E-state index contributed by atoms with van der Waals surface area (Å²) in [6, 6.07) is 2.08. The Labute approximate surface area is 220 Å². The lowest BCUT2D eigenvalue weighted by atomic mass is 9.82. The van der Waals surface area contributed by atoms with Crippen LogP contribution in [0, 0.1) is 0 Å². The molecule has 0 bridgehead atoms. The zero-order valence-electron chi connectivity index (χ0n) is 20.0. The summed E-state index contributed by atoms with van der Waals surface area (Å²) in [7, 11) is 1.37. The fourth-order valence-electron chi connectivity index (χ4n) is 5.07. The Hall–Kier alpha value is -2.60. The Kier molecular flexibility index (Phi) is 7.37. The molecule has 7 nitrogen and oxygen atoms in total. The second kappa shape index (κ2) is 9.94. The van der Waals surface area contributed by atoms with Crippen molar-refractivity contribution in [1.29, 1.82) is 0 Å². The van der Waals surface area contributed by atoms with Crippen LogP contribution in [0.5, 0.6) is 0 Å². The third kappa shape index (κ3) is 5.09. The Bertz CT molecular complexity index is 1310. The van der Waals surface area contributed by atoms with Crippen LogP contribution in [0.1, 0.15) is 65.8 Å². The first-order valence-corrected chi connectivity index (χ1v) is 12.5. The second-order valence-corrected chi connectivity index (χ2v) is 10.3. The molecule has 1 aromatic heterocycles. The summed E-state index contributed by atoms with van der Waals surface area (Å²) in [5.41, 5.74) is -2.94. The van der Waals surface area contributed by atoms with E-state index in [1.165, 1.54) is 22.6 Å². The van der Waals surface area contributed by atoms with Crippen LogP contribution in [0.2, 0.25) is 5.02 Å². The molecular weight excluding hydrogens is 536 g/mol. The monoisotopic (exact) mass is 560 g/mol. The lowest BCUT2D eigenvalue weighted by molar-refractivity contribution is -0.137. The minimum atomic E-state index is -4.72. The molecule has 0 radical (unpaired) electrons. The fourth-order valence-corrected chi connectivity index (χ4v) is 5.67. The molecule has 1 fully saturated rings. The molecule has 4 rings (SSSR count). The van der Waals surface area contributed by atoms with E-state index in [4.69, 9.17) is 11.6 Å². The number of carbonyl (C=O) groups excluding carboxylic acids is 2. The molecule has 2 amide bonds. The number of halogens is 5. The minimum Gasteiger partial charge on any atom is -0.356 e. The van der Waals surface area contributed by atoms with Crippen LogP contribution in [-0.4, -0.2) is 45.0 Å². The van der Waals surface area contributed by atoms with E-state index >= 15 is 0 Å². The first kappa shape index (κ1) is 27.4. The van der Waals surface area contributed by atoms with Gasteiger partial charge in [-0.05, 0) is 57.2 Å². The smallest absolute Gasteiger partial charge is 0.356 e. The molecule has 0 unspecified atom stereocenters. The van der Waals surface area contributed by atoms with Crippen LogP contribution in [0.25, 0.3) is 0 Å². The van der Waals surface area contributed by atoms with Gasteiger partial charge < -0.3 is 10.2 Å². The molecule has 2 heterocycles. The van der Waals surface area contributed by atoms with E-state index in [2.05, 4.69) is 22.9 Å². The number of carbonyl (C=O) groups is 2. The van der Waals surface area contributed by atoms with Crippen LogP contribution in [0.15, 0.2) is 28.2 Å². The lowest BCUT2D eigenvalue weighted by Gasteiger charge is -2.36. The predicted octanol–water partition coefficient (Wildman–Crippen LogP) is 4.36. The topological polar surface area (TPSA) is 84.3 Å². The molecule has 2 aromatic rings. The summed E-state index contributed by atoms with van der Waals surface area (Å²) in [6.45, 7) is 1.61. The first-order valence-electron chi connectivity index (χ1n) is 11.7. The molecule has 1 aliphatic carbocycles. The van der Waals surface area contributed by atoms with Gasteiger partial charge in [-0.2, -0.15) is 13.2 Å². The molecule has 0 spiro atoms. The molecular formula is C24H25ClF4N4O3S. The standard InChI is InChI=1S/C24H25ClF4N4O3S/c1-12-9-15-18(11-32(12)19(34)13-3-4-17(25)16(10-13)24(27,28)29)31-22(37)33(20(15)35)14-5-7-23(26,8-6-14)21(36)30-2/h3-4,10,12,14H,5-9,11H2,1-2H3,(H,30,36)(H,31,37)/t12-,14?,23?/m1/s1. The fraction of sp³-hybridized carbons (Fsp3) is 0.500. The van der Waals surface area contributed by atoms with Crippen molar-refractivity contribution in [1.82, 2.24) is 19.8 Å². The first-order chi connectivity index (χ1) is 17.3. The van der Waals surface area contributed by atoms with Crippen molar-refractivity contribution in [3.05, 3.63) is 56.0 Å². The van der Waals surface area contributed by atoms with Gasteiger partial charge in [-0.1, -0.05) is 11.6 Å². The molecule has 1 aromatic carbocycles. The van der Waals surface area contributed by atoms with Crippen molar-refractivity contribution in [2.75, 3.05) is 7.05 Å². The van der Waals surface area contributed by atoms with Crippen LogP contribution >= 0.6 is 24.2 Å². The van der Waals surface area contributed by atoms with Crippen LogP contribution in [-0.2, 0) is 23.9 Å². The second-order valence-electron chi connectivity index (χ2n) is 9.47. The van der Waals surface area contributed by atoms with E-state index in [1.54, 1.807) is 6.92 Å². The highest BCUT2D eigenvalue weighted by Crippen LogP contribution is 2.39. The average Bonchev–Trinajstić information content (AvgIpc) is 2.84. The van der Waals surface area contributed by atoms with Crippen molar-refractivity contribution < 1.29 is 27.2 Å². The number of amides is 2. The number of alkyl halides is 4. The van der Waals surface area contributed by atoms with Gasteiger partial charge in [-0.15, -0.1) is 12.6 Å². The number of nitrogens with one attached hydrogen (secondary N) is 1.